The Morgan fingerprint density at radius 1 is 1.64 bits per heavy atom. The van der Waals surface area contributed by atoms with Crippen LogP contribution in [0, 0.1) is 0 Å². The summed E-state index contributed by atoms with van der Waals surface area (Å²) in [7, 11) is 1.33. The largest absolute Gasteiger partial charge is 0.465 e. The van der Waals surface area contributed by atoms with E-state index in [0.717, 1.165) is 10.2 Å². The number of nitrogens with zero attached hydrogens (tertiary/aromatic N) is 1. The molecular weight excluding hydrogens is 222 g/mol. The van der Waals surface area contributed by atoms with Crippen LogP contribution in [0.15, 0.2) is 18.3 Å². The number of esters is 1. The van der Waals surface area contributed by atoms with Crippen molar-refractivity contribution < 1.29 is 9.53 Å². The summed E-state index contributed by atoms with van der Waals surface area (Å²) in [6.45, 7) is 0. The van der Waals surface area contributed by atoms with E-state index >= 15 is 0 Å². The van der Waals surface area contributed by atoms with Crippen LogP contribution in [-0.4, -0.2) is 18.1 Å². The highest BCUT2D eigenvalue weighted by molar-refractivity contribution is 7.21. The molecule has 0 saturated carbocycles. The van der Waals surface area contributed by atoms with Crippen LogP contribution in [0.2, 0.25) is 5.02 Å². The van der Waals surface area contributed by atoms with Crippen LogP contribution in [-0.2, 0) is 4.74 Å². The second-order valence-electron chi connectivity index (χ2n) is 2.59. The van der Waals surface area contributed by atoms with E-state index in [2.05, 4.69) is 9.72 Å². The molecular formula is C9H6ClNO2S. The summed E-state index contributed by atoms with van der Waals surface area (Å²) in [5.74, 6) is -0.419. The van der Waals surface area contributed by atoms with Crippen molar-refractivity contribution >= 4 is 39.1 Å². The highest BCUT2D eigenvalue weighted by Crippen LogP contribution is 2.33. The van der Waals surface area contributed by atoms with Crippen molar-refractivity contribution in [2.24, 2.45) is 0 Å². The minimum absolute atomic E-state index is 0.405. The summed E-state index contributed by atoms with van der Waals surface area (Å²) in [4.78, 5) is 16.5. The van der Waals surface area contributed by atoms with Crippen LogP contribution in [0.5, 0.6) is 0 Å². The maximum absolute atomic E-state index is 11.3. The lowest BCUT2D eigenvalue weighted by atomic mass is 10.3. The van der Waals surface area contributed by atoms with E-state index < -0.39 is 5.97 Å². The number of carbonyl (C=O) groups excluding carboxylic acids is 1. The molecule has 0 aliphatic rings. The fraction of sp³-hybridized carbons (Fsp3) is 0.111. The molecule has 3 nitrogen and oxygen atoms in total. The van der Waals surface area contributed by atoms with Crippen LogP contribution in [0.4, 0.5) is 0 Å². The lowest BCUT2D eigenvalue weighted by Crippen LogP contribution is -1.97. The van der Waals surface area contributed by atoms with Crippen LogP contribution in [0.25, 0.3) is 10.2 Å². The molecule has 0 saturated heterocycles. The second kappa shape index (κ2) is 3.55. The Morgan fingerprint density at radius 2 is 2.43 bits per heavy atom. The molecule has 0 aliphatic carbocycles. The van der Waals surface area contributed by atoms with Crippen molar-refractivity contribution in [1.29, 1.82) is 0 Å². The number of ether oxygens (including phenoxy) is 1. The van der Waals surface area contributed by atoms with Gasteiger partial charge in [0.1, 0.15) is 9.71 Å². The summed E-state index contributed by atoms with van der Waals surface area (Å²) in [5.41, 5.74) is 0. The van der Waals surface area contributed by atoms with Crippen LogP contribution < -0.4 is 0 Å². The zero-order valence-corrected chi connectivity index (χ0v) is 8.85. The molecule has 72 valence electrons. The number of pyridine rings is 1. The number of rotatable bonds is 1. The van der Waals surface area contributed by atoms with Crippen molar-refractivity contribution in [2.75, 3.05) is 7.11 Å². The zero-order chi connectivity index (χ0) is 10.1. The van der Waals surface area contributed by atoms with Crippen molar-refractivity contribution in [3.05, 3.63) is 28.2 Å². The summed E-state index contributed by atoms with van der Waals surface area (Å²) >= 11 is 7.24. The molecule has 2 aromatic heterocycles. The van der Waals surface area contributed by atoms with Gasteiger partial charge in [0.25, 0.3) is 0 Å². The predicted molar refractivity (Wildman–Crippen MR) is 56.0 cm³/mol. The fourth-order valence-electron chi connectivity index (χ4n) is 1.13. The van der Waals surface area contributed by atoms with Gasteiger partial charge in [-0.1, -0.05) is 11.6 Å². The summed E-state index contributed by atoms with van der Waals surface area (Å²) < 4.78 is 4.61. The van der Waals surface area contributed by atoms with E-state index in [1.54, 1.807) is 12.3 Å². The lowest BCUT2D eigenvalue weighted by Gasteiger charge is -1.93. The number of thiophene rings is 1. The first-order valence-electron chi connectivity index (χ1n) is 3.85. The number of halogens is 1. The molecule has 0 atom stereocenters. The maximum atomic E-state index is 11.3. The predicted octanol–water partition coefficient (Wildman–Crippen LogP) is 2.74. The van der Waals surface area contributed by atoms with Gasteiger partial charge >= 0.3 is 5.97 Å². The van der Waals surface area contributed by atoms with Gasteiger partial charge in [0.05, 0.1) is 12.1 Å². The van der Waals surface area contributed by atoms with Gasteiger partial charge in [-0.25, -0.2) is 9.78 Å². The molecule has 0 unspecified atom stereocenters. The molecule has 0 bridgehead atoms. The molecule has 2 aromatic rings. The van der Waals surface area contributed by atoms with E-state index in [1.165, 1.54) is 18.4 Å². The van der Waals surface area contributed by atoms with Gasteiger partial charge in [0, 0.05) is 11.6 Å². The average molecular weight is 228 g/mol. The Morgan fingerprint density at radius 3 is 3.07 bits per heavy atom. The SMILES string of the molecule is COC(=O)c1sc2ncccc2c1Cl. The molecule has 0 N–H and O–H groups in total. The highest BCUT2D eigenvalue weighted by Gasteiger charge is 2.17. The summed E-state index contributed by atoms with van der Waals surface area (Å²) in [5, 5.41) is 1.21. The molecule has 0 spiro atoms. The van der Waals surface area contributed by atoms with Gasteiger partial charge in [-0.3, -0.25) is 0 Å². The van der Waals surface area contributed by atoms with Crippen LogP contribution >= 0.6 is 22.9 Å². The highest BCUT2D eigenvalue weighted by atomic mass is 35.5. The third-order valence-electron chi connectivity index (χ3n) is 1.78. The topological polar surface area (TPSA) is 39.2 Å². The third-order valence-corrected chi connectivity index (χ3v) is 3.37. The number of carbonyl (C=O) groups is 1. The van der Waals surface area contributed by atoms with Crippen molar-refractivity contribution in [3.63, 3.8) is 0 Å². The van der Waals surface area contributed by atoms with E-state index in [-0.39, 0.29) is 0 Å². The van der Waals surface area contributed by atoms with Gasteiger partial charge < -0.3 is 4.74 Å². The Hall–Kier alpha value is -1.13. The van der Waals surface area contributed by atoms with Crippen molar-refractivity contribution in [3.8, 4) is 0 Å². The molecule has 5 heteroatoms. The van der Waals surface area contributed by atoms with E-state index in [9.17, 15) is 4.79 Å². The Bertz CT molecular complexity index is 495. The molecule has 0 aliphatic heterocycles. The molecule has 0 amide bonds. The first-order valence-corrected chi connectivity index (χ1v) is 5.05. The van der Waals surface area contributed by atoms with Gasteiger partial charge in [0.15, 0.2) is 0 Å². The van der Waals surface area contributed by atoms with Crippen LogP contribution in [0.1, 0.15) is 9.67 Å². The number of hydrogen-bond acceptors (Lipinski definition) is 4. The van der Waals surface area contributed by atoms with Gasteiger partial charge in [-0.05, 0) is 12.1 Å². The lowest BCUT2D eigenvalue weighted by molar-refractivity contribution is 0.0606. The fourth-order valence-corrected chi connectivity index (χ4v) is 2.48. The zero-order valence-electron chi connectivity index (χ0n) is 7.28. The maximum Gasteiger partial charge on any atom is 0.349 e. The summed E-state index contributed by atoms with van der Waals surface area (Å²) in [6.07, 6.45) is 1.66. The molecule has 14 heavy (non-hydrogen) atoms. The number of hydrogen-bond donors (Lipinski definition) is 0. The van der Waals surface area contributed by atoms with Crippen molar-refractivity contribution in [1.82, 2.24) is 4.98 Å². The van der Waals surface area contributed by atoms with Gasteiger partial charge in [0.2, 0.25) is 0 Å². The average Bonchev–Trinajstić information content (AvgIpc) is 2.56. The third kappa shape index (κ3) is 1.36. The molecule has 0 aromatic carbocycles. The molecule has 2 rings (SSSR count). The molecule has 0 fully saturated rings. The number of methoxy groups -OCH3 is 1. The first kappa shape index (κ1) is 9.43. The van der Waals surface area contributed by atoms with Crippen LogP contribution in [0.3, 0.4) is 0 Å². The normalized spacial score (nSPS) is 10.4. The number of aromatic nitrogens is 1. The standard InChI is InChI=1S/C9H6ClNO2S/c1-13-9(12)7-6(10)5-3-2-4-11-8(5)14-7/h2-4H,1H3. The van der Waals surface area contributed by atoms with E-state index in [0.29, 0.717) is 9.90 Å². The van der Waals surface area contributed by atoms with Gasteiger partial charge in [-0.15, -0.1) is 11.3 Å². The quantitative estimate of drug-likeness (QED) is 0.704. The minimum Gasteiger partial charge on any atom is -0.465 e. The first-order chi connectivity index (χ1) is 6.74. The van der Waals surface area contributed by atoms with E-state index in [4.69, 9.17) is 11.6 Å². The molecule has 0 radical (unpaired) electrons. The Kier molecular flexibility index (Phi) is 2.39. The van der Waals surface area contributed by atoms with Crippen molar-refractivity contribution in [2.45, 2.75) is 0 Å². The summed E-state index contributed by atoms with van der Waals surface area (Å²) in [6, 6.07) is 3.61. The smallest absolute Gasteiger partial charge is 0.349 e. The van der Waals surface area contributed by atoms with E-state index in [1.807, 2.05) is 6.07 Å². The second-order valence-corrected chi connectivity index (χ2v) is 3.97. The minimum atomic E-state index is -0.419. The van der Waals surface area contributed by atoms with Gasteiger partial charge in [-0.2, -0.15) is 0 Å². The Balaban J connectivity index is 2.68. The monoisotopic (exact) mass is 227 g/mol. The Labute approximate surface area is 89.3 Å². The number of fused-ring (bicyclic) bond motifs is 1. The molecule has 2 heterocycles.